The molecule has 3 rings (SSSR count). The van der Waals surface area contributed by atoms with Crippen molar-refractivity contribution in [3.63, 3.8) is 0 Å². The highest BCUT2D eigenvalue weighted by Gasteiger charge is 2.44. The summed E-state index contributed by atoms with van der Waals surface area (Å²) < 4.78 is 5.54. The molecule has 2 unspecified atom stereocenters. The fourth-order valence-electron chi connectivity index (χ4n) is 4.02. The second-order valence-corrected chi connectivity index (χ2v) is 6.87. The molecule has 2 aliphatic heterocycles. The molecule has 136 valence electrons. The summed E-state index contributed by atoms with van der Waals surface area (Å²) in [5, 5.41) is 1.30. The number of hydroxylamine groups is 2. The molecule has 0 spiro atoms. The summed E-state index contributed by atoms with van der Waals surface area (Å²) >= 11 is 0. The molecule has 2 fully saturated rings. The van der Waals surface area contributed by atoms with E-state index in [4.69, 9.17) is 9.57 Å². The van der Waals surface area contributed by atoms with Crippen LogP contribution in [0.15, 0.2) is 30.3 Å². The third-order valence-corrected chi connectivity index (χ3v) is 5.32. The molecule has 0 saturated carbocycles. The first-order chi connectivity index (χ1) is 12.1. The summed E-state index contributed by atoms with van der Waals surface area (Å²) in [5.74, 6) is -0.0878. The van der Waals surface area contributed by atoms with Crippen molar-refractivity contribution < 1.29 is 19.2 Å². The number of amides is 2. The lowest BCUT2D eigenvalue weighted by molar-refractivity contribution is -0.176. The number of hydrogen-bond donors (Lipinski definition) is 0. The monoisotopic (exact) mass is 346 g/mol. The maximum Gasteiger partial charge on any atom is 0.410 e. The zero-order chi connectivity index (χ0) is 17.8. The van der Waals surface area contributed by atoms with Gasteiger partial charge in [-0.15, -0.1) is 0 Å². The van der Waals surface area contributed by atoms with Crippen LogP contribution in [-0.2, 0) is 21.0 Å². The van der Waals surface area contributed by atoms with Crippen molar-refractivity contribution in [3.8, 4) is 0 Å². The molecular weight excluding hydrogens is 320 g/mol. The SMILES string of the molecule is CON(C)C(=O)C1CC2CCCC(C1)N2C(=O)OCc1ccccc1. The number of carbonyl (C=O) groups is 2. The van der Waals surface area contributed by atoms with Crippen molar-refractivity contribution in [2.75, 3.05) is 14.2 Å². The molecule has 0 aliphatic carbocycles. The minimum Gasteiger partial charge on any atom is -0.445 e. The highest BCUT2D eigenvalue weighted by atomic mass is 16.7. The molecule has 0 aromatic heterocycles. The maximum atomic E-state index is 12.6. The fourth-order valence-corrected chi connectivity index (χ4v) is 4.02. The summed E-state index contributed by atoms with van der Waals surface area (Å²) in [6, 6.07) is 9.85. The summed E-state index contributed by atoms with van der Waals surface area (Å²) in [4.78, 5) is 32.0. The zero-order valence-corrected chi connectivity index (χ0v) is 14.9. The molecule has 2 amide bonds. The molecule has 0 N–H and O–H groups in total. The van der Waals surface area contributed by atoms with Crippen molar-refractivity contribution in [1.82, 2.24) is 9.96 Å². The van der Waals surface area contributed by atoms with Gasteiger partial charge in [0, 0.05) is 25.0 Å². The van der Waals surface area contributed by atoms with Crippen LogP contribution in [0.3, 0.4) is 0 Å². The predicted molar refractivity (Wildman–Crippen MR) is 92.4 cm³/mol. The maximum absolute atomic E-state index is 12.6. The van der Waals surface area contributed by atoms with Crippen molar-refractivity contribution in [2.24, 2.45) is 5.92 Å². The predicted octanol–water partition coefficient (Wildman–Crippen LogP) is 2.98. The van der Waals surface area contributed by atoms with Gasteiger partial charge in [-0.05, 0) is 37.7 Å². The minimum absolute atomic E-state index is 0.00305. The quantitative estimate of drug-likeness (QED) is 0.787. The van der Waals surface area contributed by atoms with Gasteiger partial charge in [-0.2, -0.15) is 0 Å². The molecule has 2 bridgehead atoms. The van der Waals surface area contributed by atoms with E-state index in [1.54, 1.807) is 7.05 Å². The third-order valence-electron chi connectivity index (χ3n) is 5.32. The summed E-state index contributed by atoms with van der Waals surface area (Å²) in [6.07, 6.45) is 4.06. The Bertz CT molecular complexity index is 593. The molecule has 1 aromatic rings. The van der Waals surface area contributed by atoms with E-state index in [0.29, 0.717) is 12.8 Å². The van der Waals surface area contributed by atoms with Crippen LogP contribution in [0.4, 0.5) is 4.79 Å². The Balaban J connectivity index is 1.63. The average molecular weight is 346 g/mol. The summed E-state index contributed by atoms with van der Waals surface area (Å²) in [5.41, 5.74) is 0.979. The first-order valence-corrected chi connectivity index (χ1v) is 8.91. The van der Waals surface area contributed by atoms with E-state index < -0.39 is 0 Å². The standard InChI is InChI=1S/C19H26N2O4/c1-20(24-2)18(22)15-11-16-9-6-10-17(12-15)21(16)19(23)25-13-14-7-4-3-5-8-14/h3-5,7-8,15-17H,6,9-13H2,1-2H3. The largest absolute Gasteiger partial charge is 0.445 e. The van der Waals surface area contributed by atoms with Crippen LogP contribution in [0.2, 0.25) is 0 Å². The second-order valence-electron chi connectivity index (χ2n) is 6.87. The van der Waals surface area contributed by atoms with E-state index in [1.807, 2.05) is 35.2 Å². The highest BCUT2D eigenvalue weighted by Crippen LogP contribution is 2.38. The van der Waals surface area contributed by atoms with Gasteiger partial charge < -0.3 is 9.64 Å². The van der Waals surface area contributed by atoms with Crippen molar-refractivity contribution in [1.29, 1.82) is 0 Å². The lowest BCUT2D eigenvalue weighted by Crippen LogP contribution is -2.56. The number of piperidine rings is 2. The molecule has 2 heterocycles. The zero-order valence-electron chi connectivity index (χ0n) is 14.9. The van der Waals surface area contributed by atoms with Gasteiger partial charge in [0.1, 0.15) is 6.61 Å². The Morgan fingerprint density at radius 3 is 2.40 bits per heavy atom. The number of hydrogen-bond acceptors (Lipinski definition) is 4. The number of fused-ring (bicyclic) bond motifs is 2. The van der Waals surface area contributed by atoms with Gasteiger partial charge in [0.25, 0.3) is 0 Å². The molecule has 2 saturated heterocycles. The molecule has 6 nitrogen and oxygen atoms in total. The van der Waals surface area contributed by atoms with Gasteiger partial charge in [0.2, 0.25) is 5.91 Å². The molecule has 1 aromatic carbocycles. The van der Waals surface area contributed by atoms with Crippen LogP contribution in [0, 0.1) is 5.92 Å². The molecule has 0 radical (unpaired) electrons. The van der Waals surface area contributed by atoms with E-state index >= 15 is 0 Å². The van der Waals surface area contributed by atoms with Crippen LogP contribution in [0.1, 0.15) is 37.7 Å². The smallest absolute Gasteiger partial charge is 0.410 e. The average Bonchev–Trinajstić information content (AvgIpc) is 2.64. The number of nitrogens with zero attached hydrogens (tertiary/aromatic N) is 2. The van der Waals surface area contributed by atoms with Crippen LogP contribution in [-0.4, -0.2) is 48.2 Å². The van der Waals surface area contributed by atoms with Crippen LogP contribution < -0.4 is 0 Å². The molecule has 25 heavy (non-hydrogen) atoms. The van der Waals surface area contributed by atoms with Crippen LogP contribution >= 0.6 is 0 Å². The Morgan fingerprint density at radius 1 is 1.16 bits per heavy atom. The second kappa shape index (κ2) is 7.87. The summed E-state index contributed by atoms with van der Waals surface area (Å²) in [6.45, 7) is 0.282. The lowest BCUT2D eigenvalue weighted by Gasteiger charge is -2.47. The Labute approximate surface area is 148 Å². The topological polar surface area (TPSA) is 59.1 Å². The molecular formula is C19H26N2O4. The van der Waals surface area contributed by atoms with Gasteiger partial charge in [0.05, 0.1) is 7.11 Å². The number of rotatable bonds is 4. The Hall–Kier alpha value is -2.08. The molecule has 2 atom stereocenters. The van der Waals surface area contributed by atoms with Gasteiger partial charge in [-0.3, -0.25) is 9.63 Å². The van der Waals surface area contributed by atoms with Crippen LogP contribution in [0.25, 0.3) is 0 Å². The number of ether oxygens (including phenoxy) is 1. The first-order valence-electron chi connectivity index (χ1n) is 8.91. The van der Waals surface area contributed by atoms with Gasteiger partial charge in [0.15, 0.2) is 0 Å². The fraction of sp³-hybridized carbons (Fsp3) is 0.579. The van der Waals surface area contributed by atoms with Crippen molar-refractivity contribution >= 4 is 12.0 Å². The van der Waals surface area contributed by atoms with Crippen LogP contribution in [0.5, 0.6) is 0 Å². The van der Waals surface area contributed by atoms with Crippen molar-refractivity contribution in [3.05, 3.63) is 35.9 Å². The Kier molecular flexibility index (Phi) is 5.58. The number of benzene rings is 1. The molecule has 6 heteroatoms. The minimum atomic E-state index is -0.260. The van der Waals surface area contributed by atoms with Crippen molar-refractivity contribution in [2.45, 2.75) is 50.8 Å². The van der Waals surface area contributed by atoms with E-state index in [0.717, 1.165) is 24.8 Å². The van der Waals surface area contributed by atoms with E-state index in [-0.39, 0.29) is 36.6 Å². The van der Waals surface area contributed by atoms with E-state index in [2.05, 4.69) is 0 Å². The first kappa shape index (κ1) is 17.7. The van der Waals surface area contributed by atoms with Gasteiger partial charge in [-0.25, -0.2) is 9.86 Å². The third kappa shape index (κ3) is 3.95. The normalized spacial score (nSPS) is 25.4. The summed E-state index contributed by atoms with van der Waals surface area (Å²) in [7, 11) is 3.13. The lowest BCUT2D eigenvalue weighted by atomic mass is 9.78. The van der Waals surface area contributed by atoms with E-state index in [9.17, 15) is 9.59 Å². The van der Waals surface area contributed by atoms with Gasteiger partial charge in [-0.1, -0.05) is 30.3 Å². The molecule has 2 aliphatic rings. The van der Waals surface area contributed by atoms with Gasteiger partial charge >= 0.3 is 6.09 Å². The number of carbonyl (C=O) groups excluding carboxylic acids is 2. The Morgan fingerprint density at radius 2 is 1.80 bits per heavy atom. The van der Waals surface area contributed by atoms with E-state index in [1.165, 1.54) is 12.2 Å². The highest BCUT2D eigenvalue weighted by molar-refractivity contribution is 5.78.